The van der Waals surface area contributed by atoms with Crippen LogP contribution in [0.5, 0.6) is 0 Å². The first-order chi connectivity index (χ1) is 17.4. The van der Waals surface area contributed by atoms with E-state index in [1.54, 1.807) is 78.9 Å². The fraction of sp³-hybridized carbons (Fsp3) is 0. The van der Waals surface area contributed by atoms with Crippen molar-refractivity contribution in [3.8, 4) is 16.9 Å². The molecule has 0 amide bonds. The average molecular weight is 533 g/mol. The molecule has 0 aliphatic heterocycles. The van der Waals surface area contributed by atoms with Crippen molar-refractivity contribution >= 4 is 38.8 Å². The lowest BCUT2D eigenvalue weighted by Crippen LogP contribution is -2.14. The van der Waals surface area contributed by atoms with E-state index >= 15 is 0 Å². The van der Waals surface area contributed by atoms with Crippen molar-refractivity contribution in [1.82, 2.24) is 9.78 Å². The summed E-state index contributed by atoms with van der Waals surface area (Å²) in [5.41, 5.74) is 1.60. The molecule has 0 saturated carbocycles. The molecule has 0 bridgehead atoms. The summed E-state index contributed by atoms with van der Waals surface area (Å²) in [5, 5.41) is 5.36. The van der Waals surface area contributed by atoms with Gasteiger partial charge in [0, 0.05) is 21.2 Å². The van der Waals surface area contributed by atoms with E-state index in [-0.39, 0.29) is 21.2 Å². The summed E-state index contributed by atoms with van der Waals surface area (Å²) in [6.07, 6.45) is 0. The van der Waals surface area contributed by atoms with Crippen LogP contribution in [0.15, 0.2) is 119 Å². The predicted molar refractivity (Wildman–Crippen MR) is 141 cm³/mol. The fourth-order valence-corrected chi connectivity index (χ4v) is 5.67. The zero-order valence-corrected chi connectivity index (χ0v) is 21.0. The smallest absolute Gasteiger partial charge is 0.224 e. The van der Waals surface area contributed by atoms with Crippen LogP contribution >= 0.6 is 23.2 Å². The normalized spacial score (nSPS) is 11.4. The zero-order chi connectivity index (χ0) is 25.3. The first kappa shape index (κ1) is 24.0. The maximum Gasteiger partial charge on any atom is 0.224 e. The van der Waals surface area contributed by atoms with Crippen molar-refractivity contribution in [3.05, 3.63) is 130 Å². The lowest BCUT2D eigenvalue weighted by atomic mass is 10.0. The van der Waals surface area contributed by atoms with Gasteiger partial charge in [-0.3, -0.25) is 4.79 Å². The van der Waals surface area contributed by atoms with Gasteiger partial charge in [-0.25, -0.2) is 13.1 Å². The van der Waals surface area contributed by atoms with Crippen LogP contribution in [0.25, 0.3) is 16.9 Å². The van der Waals surface area contributed by atoms with E-state index in [1.807, 2.05) is 6.07 Å². The maximum atomic E-state index is 14.1. The molecular formula is C28H18Cl2N2O3S. The molecule has 1 heterocycles. The minimum Gasteiger partial charge on any atom is -0.288 e. The molecule has 0 aliphatic carbocycles. The summed E-state index contributed by atoms with van der Waals surface area (Å²) in [6, 6.07) is 29.9. The Morgan fingerprint density at radius 1 is 0.694 bits per heavy atom. The van der Waals surface area contributed by atoms with E-state index in [4.69, 9.17) is 23.2 Å². The maximum absolute atomic E-state index is 14.1. The Balaban J connectivity index is 1.88. The van der Waals surface area contributed by atoms with Crippen LogP contribution in [0.3, 0.4) is 0 Å². The van der Waals surface area contributed by atoms with Crippen molar-refractivity contribution < 1.29 is 13.2 Å². The lowest BCUT2D eigenvalue weighted by Gasteiger charge is -2.11. The molecule has 0 atom stereocenters. The summed E-state index contributed by atoms with van der Waals surface area (Å²) in [7, 11) is -4.22. The van der Waals surface area contributed by atoms with Crippen LogP contribution in [-0.4, -0.2) is 24.0 Å². The Kier molecular flexibility index (Phi) is 6.49. The Morgan fingerprint density at radius 3 is 1.81 bits per heavy atom. The highest BCUT2D eigenvalue weighted by Gasteiger charge is 2.35. The van der Waals surface area contributed by atoms with Crippen molar-refractivity contribution in [1.29, 1.82) is 0 Å². The van der Waals surface area contributed by atoms with E-state index in [0.29, 0.717) is 26.9 Å². The molecule has 0 radical (unpaired) electrons. The van der Waals surface area contributed by atoms with E-state index in [9.17, 15) is 13.2 Å². The Labute approximate surface area is 218 Å². The summed E-state index contributed by atoms with van der Waals surface area (Å²) < 4.78 is 29.5. The highest BCUT2D eigenvalue weighted by atomic mass is 35.5. The van der Waals surface area contributed by atoms with Gasteiger partial charge in [-0.1, -0.05) is 83.9 Å². The van der Waals surface area contributed by atoms with Gasteiger partial charge in [0.25, 0.3) is 0 Å². The minimum absolute atomic E-state index is 0.00579. The zero-order valence-electron chi connectivity index (χ0n) is 18.7. The van der Waals surface area contributed by atoms with Crippen molar-refractivity contribution in [3.63, 3.8) is 0 Å². The van der Waals surface area contributed by atoms with E-state index in [1.165, 1.54) is 28.9 Å². The third kappa shape index (κ3) is 4.46. The molecule has 0 spiro atoms. The van der Waals surface area contributed by atoms with Crippen LogP contribution in [0.4, 0.5) is 0 Å². The lowest BCUT2D eigenvalue weighted by molar-refractivity contribution is 0.103. The van der Waals surface area contributed by atoms with Gasteiger partial charge in [0.1, 0.15) is 5.69 Å². The fourth-order valence-electron chi connectivity index (χ4n) is 3.87. The summed E-state index contributed by atoms with van der Waals surface area (Å²) >= 11 is 12.1. The second kappa shape index (κ2) is 9.74. The highest BCUT2D eigenvalue weighted by Crippen LogP contribution is 2.36. The molecule has 0 saturated heterocycles. The number of carbonyl (C=O) groups excluding carboxylic acids is 1. The number of nitrogens with zero attached hydrogens (tertiary/aromatic N) is 2. The molecule has 0 aliphatic rings. The van der Waals surface area contributed by atoms with Gasteiger partial charge < -0.3 is 0 Å². The summed E-state index contributed by atoms with van der Waals surface area (Å²) in [6.45, 7) is 0. The molecule has 0 unspecified atom stereocenters. The van der Waals surface area contributed by atoms with Crippen molar-refractivity contribution in [2.75, 3.05) is 0 Å². The predicted octanol–water partition coefficient (Wildman–Crippen LogP) is 6.91. The first-order valence-corrected chi connectivity index (χ1v) is 13.1. The second-order valence-electron chi connectivity index (χ2n) is 7.94. The number of carbonyl (C=O) groups is 1. The van der Waals surface area contributed by atoms with Gasteiger partial charge in [-0.2, -0.15) is 5.10 Å². The number of benzene rings is 4. The molecule has 5 nitrogen and oxygen atoms in total. The average Bonchev–Trinajstić information content (AvgIpc) is 3.31. The molecule has 4 aromatic carbocycles. The third-order valence-corrected chi connectivity index (χ3v) is 7.89. The number of halogens is 2. The molecule has 0 N–H and O–H groups in total. The van der Waals surface area contributed by atoms with Crippen LogP contribution in [0, 0.1) is 0 Å². The molecule has 5 aromatic rings. The number of hydrogen-bond acceptors (Lipinski definition) is 4. The SMILES string of the molecule is O=C(c1ccccc1)c1c(-c2ccc(Cl)cc2)nn(-c2ccccc2)c1S(=O)(=O)c1ccc(Cl)cc1. The molecular weight excluding hydrogens is 515 g/mol. The number of para-hydroxylation sites is 1. The molecule has 0 fully saturated rings. The Hall–Kier alpha value is -3.71. The monoisotopic (exact) mass is 532 g/mol. The van der Waals surface area contributed by atoms with Crippen molar-refractivity contribution in [2.45, 2.75) is 9.92 Å². The summed E-state index contributed by atoms with van der Waals surface area (Å²) in [5.74, 6) is -0.463. The molecule has 8 heteroatoms. The van der Waals surface area contributed by atoms with Crippen LogP contribution in [0.2, 0.25) is 10.0 Å². The highest BCUT2D eigenvalue weighted by molar-refractivity contribution is 7.91. The van der Waals surface area contributed by atoms with E-state index in [2.05, 4.69) is 5.10 Å². The number of sulfone groups is 1. The number of aromatic nitrogens is 2. The van der Waals surface area contributed by atoms with E-state index in [0.717, 1.165) is 0 Å². The van der Waals surface area contributed by atoms with Gasteiger partial charge in [-0.05, 0) is 48.5 Å². The van der Waals surface area contributed by atoms with Gasteiger partial charge >= 0.3 is 0 Å². The summed E-state index contributed by atoms with van der Waals surface area (Å²) in [4.78, 5) is 13.9. The molecule has 5 rings (SSSR count). The van der Waals surface area contributed by atoms with Crippen LogP contribution in [0.1, 0.15) is 15.9 Å². The molecule has 178 valence electrons. The first-order valence-electron chi connectivity index (χ1n) is 10.9. The molecule has 36 heavy (non-hydrogen) atoms. The van der Waals surface area contributed by atoms with Crippen LogP contribution < -0.4 is 0 Å². The molecule has 1 aromatic heterocycles. The van der Waals surface area contributed by atoms with Gasteiger partial charge in [0.15, 0.2) is 10.8 Å². The number of hydrogen-bond donors (Lipinski definition) is 0. The minimum atomic E-state index is -4.22. The van der Waals surface area contributed by atoms with Gasteiger partial charge in [0.05, 0.1) is 16.1 Å². The van der Waals surface area contributed by atoms with E-state index < -0.39 is 15.6 Å². The quantitative estimate of drug-likeness (QED) is 0.223. The topological polar surface area (TPSA) is 69.0 Å². The third-order valence-electron chi connectivity index (χ3n) is 5.60. The Morgan fingerprint density at radius 2 is 1.22 bits per heavy atom. The van der Waals surface area contributed by atoms with Crippen LogP contribution in [-0.2, 0) is 9.84 Å². The van der Waals surface area contributed by atoms with Crippen molar-refractivity contribution in [2.24, 2.45) is 0 Å². The van der Waals surface area contributed by atoms with Gasteiger partial charge in [-0.15, -0.1) is 0 Å². The Bertz CT molecular complexity index is 1650. The van der Waals surface area contributed by atoms with Gasteiger partial charge in [0.2, 0.25) is 9.84 Å². The standard InChI is InChI=1S/C28H18Cl2N2O3S/c29-21-13-11-19(12-14-21)26-25(27(33)20-7-3-1-4-8-20)28(32(31-26)23-9-5-2-6-10-23)36(34,35)24-17-15-22(30)16-18-24/h1-18H. The number of rotatable bonds is 6. The number of ketones is 1. The second-order valence-corrected chi connectivity index (χ2v) is 10.7. The largest absolute Gasteiger partial charge is 0.288 e.